The third-order valence-corrected chi connectivity index (χ3v) is 10.4. The van der Waals surface area contributed by atoms with Gasteiger partial charge in [0.25, 0.3) is 5.92 Å². The lowest BCUT2D eigenvalue weighted by Gasteiger charge is -2.22. The SMILES string of the molecule is CCC[C@@H](C)[C@H](NCC)c1nc2ccc(-c3ccc4c(c3)C(F)(F)c3cc(-c5cnc([C@@H]6CC7(CC7)CN6)[nH]5)ccc3-4)cc2[nH]1. The van der Waals surface area contributed by atoms with E-state index in [4.69, 9.17) is 4.98 Å². The van der Waals surface area contributed by atoms with Crippen LogP contribution in [-0.4, -0.2) is 33.0 Å². The smallest absolute Gasteiger partial charge is 0.299 e. The first kappa shape index (κ1) is 28.6. The van der Waals surface area contributed by atoms with Gasteiger partial charge in [-0.1, -0.05) is 57.5 Å². The van der Waals surface area contributed by atoms with Gasteiger partial charge >= 0.3 is 0 Å². The van der Waals surface area contributed by atoms with E-state index in [9.17, 15) is 0 Å². The van der Waals surface area contributed by atoms with Crippen LogP contribution in [0.3, 0.4) is 0 Å². The lowest BCUT2D eigenvalue weighted by atomic mass is 9.96. The monoisotopic (exact) mass is 606 g/mol. The number of halogens is 2. The number of alkyl halides is 2. The summed E-state index contributed by atoms with van der Waals surface area (Å²) in [7, 11) is 0. The van der Waals surface area contributed by atoms with Crippen LogP contribution < -0.4 is 10.6 Å². The van der Waals surface area contributed by atoms with E-state index in [0.717, 1.165) is 77.4 Å². The number of H-pyrrole nitrogens is 2. The van der Waals surface area contributed by atoms with Crippen molar-refractivity contribution in [2.45, 2.75) is 70.9 Å². The lowest BCUT2D eigenvalue weighted by Crippen LogP contribution is -2.27. The van der Waals surface area contributed by atoms with Crippen LogP contribution in [0.4, 0.5) is 8.78 Å². The zero-order valence-electron chi connectivity index (χ0n) is 26.1. The second-order valence-corrected chi connectivity index (χ2v) is 13.6. The molecule has 45 heavy (non-hydrogen) atoms. The van der Waals surface area contributed by atoms with Gasteiger partial charge in [-0.25, -0.2) is 9.97 Å². The Balaban J connectivity index is 1.08. The molecule has 3 atom stereocenters. The van der Waals surface area contributed by atoms with Crippen molar-refractivity contribution in [2.24, 2.45) is 11.3 Å². The fourth-order valence-corrected chi connectivity index (χ4v) is 7.66. The van der Waals surface area contributed by atoms with Gasteiger partial charge < -0.3 is 20.6 Å². The zero-order valence-corrected chi connectivity index (χ0v) is 26.1. The lowest BCUT2D eigenvalue weighted by molar-refractivity contribution is 0.0481. The van der Waals surface area contributed by atoms with Crippen LogP contribution in [-0.2, 0) is 5.92 Å². The van der Waals surface area contributed by atoms with Gasteiger partial charge in [-0.2, -0.15) is 8.78 Å². The van der Waals surface area contributed by atoms with Gasteiger partial charge in [0.05, 0.1) is 35.0 Å². The summed E-state index contributed by atoms with van der Waals surface area (Å²) in [5, 5.41) is 7.17. The zero-order chi connectivity index (χ0) is 30.9. The molecule has 0 amide bonds. The number of nitrogens with one attached hydrogen (secondary N) is 4. The highest BCUT2D eigenvalue weighted by molar-refractivity contribution is 5.86. The Hall–Kier alpha value is -3.88. The van der Waals surface area contributed by atoms with Gasteiger partial charge in [0, 0.05) is 23.2 Å². The van der Waals surface area contributed by atoms with Crippen LogP contribution in [0, 0.1) is 11.3 Å². The maximum absolute atomic E-state index is 16.2. The van der Waals surface area contributed by atoms with Crippen LogP contribution in [0.5, 0.6) is 0 Å². The highest BCUT2D eigenvalue weighted by Crippen LogP contribution is 2.55. The molecule has 1 spiro atoms. The van der Waals surface area contributed by atoms with E-state index in [1.54, 1.807) is 18.3 Å². The Morgan fingerprint density at radius 3 is 2.36 bits per heavy atom. The van der Waals surface area contributed by atoms with Crippen molar-refractivity contribution in [3.05, 3.63) is 83.6 Å². The maximum Gasteiger partial charge on any atom is 0.299 e. The number of hydrogen-bond acceptors (Lipinski definition) is 4. The molecule has 3 aromatic carbocycles. The third-order valence-electron chi connectivity index (χ3n) is 10.4. The minimum atomic E-state index is -3.11. The van der Waals surface area contributed by atoms with E-state index < -0.39 is 5.92 Å². The molecule has 1 saturated carbocycles. The number of benzene rings is 3. The summed E-state index contributed by atoms with van der Waals surface area (Å²) < 4.78 is 32.3. The van der Waals surface area contributed by atoms with Crippen LogP contribution in [0.1, 0.15) is 87.7 Å². The third kappa shape index (κ3) is 4.81. The summed E-state index contributed by atoms with van der Waals surface area (Å²) in [6.45, 7) is 8.46. The molecule has 0 radical (unpaired) electrons. The van der Waals surface area contributed by atoms with Crippen molar-refractivity contribution in [1.82, 2.24) is 30.6 Å². The van der Waals surface area contributed by atoms with Crippen LogP contribution in [0.15, 0.2) is 60.8 Å². The van der Waals surface area contributed by atoms with Crippen LogP contribution in [0.25, 0.3) is 44.5 Å². The predicted molar refractivity (Wildman–Crippen MR) is 175 cm³/mol. The van der Waals surface area contributed by atoms with Gasteiger partial charge in [-0.3, -0.25) is 0 Å². The Morgan fingerprint density at radius 1 is 0.933 bits per heavy atom. The Labute approximate surface area is 262 Å². The number of hydrogen-bond donors (Lipinski definition) is 4. The first-order valence-electron chi connectivity index (χ1n) is 16.5. The normalized spacial score (nSPS) is 20.4. The van der Waals surface area contributed by atoms with E-state index in [2.05, 4.69) is 46.4 Å². The topological polar surface area (TPSA) is 81.4 Å². The Morgan fingerprint density at radius 2 is 1.64 bits per heavy atom. The number of nitrogens with zero attached hydrogens (tertiary/aromatic N) is 2. The molecule has 0 bridgehead atoms. The molecule has 4 N–H and O–H groups in total. The molecule has 0 unspecified atom stereocenters. The van der Waals surface area contributed by atoms with Crippen molar-refractivity contribution in [1.29, 1.82) is 0 Å². The first-order valence-corrected chi connectivity index (χ1v) is 16.5. The molecule has 2 fully saturated rings. The Bertz CT molecular complexity index is 1900. The quantitative estimate of drug-likeness (QED) is 0.135. The molecule has 1 aliphatic heterocycles. The number of imidazole rings is 2. The van der Waals surface area contributed by atoms with E-state index >= 15 is 8.78 Å². The molecule has 1 saturated heterocycles. The van der Waals surface area contributed by atoms with E-state index in [-0.39, 0.29) is 23.2 Å². The van der Waals surface area contributed by atoms with E-state index in [0.29, 0.717) is 22.5 Å². The molecule has 232 valence electrons. The van der Waals surface area contributed by atoms with Gasteiger partial charge in [0.1, 0.15) is 11.6 Å². The van der Waals surface area contributed by atoms with Gasteiger partial charge in [0.15, 0.2) is 0 Å². The van der Waals surface area contributed by atoms with Crippen molar-refractivity contribution >= 4 is 11.0 Å². The standard InChI is InChI=1S/C37H40F2N6/c1-4-6-21(3)33(40-5-2)35-43-29-12-9-23(17-30(29)44-35)22-7-10-25-26-11-8-24(16-28(26)37(38,39)27(25)15-22)32-19-41-34(45-32)31-18-36(13-14-36)20-42-31/h7-12,15-17,19,21,31,33,40,42H,4-6,13-14,18,20H2,1-3H3,(H,41,45)(H,43,44)/t21-,31+,33+/m1/s1. The molecule has 5 aromatic rings. The van der Waals surface area contributed by atoms with Gasteiger partial charge in [-0.15, -0.1) is 0 Å². The highest BCUT2D eigenvalue weighted by atomic mass is 19.3. The second kappa shape index (κ2) is 10.6. The molecule has 8 heteroatoms. The summed E-state index contributed by atoms with van der Waals surface area (Å²) in [6, 6.07) is 17.2. The number of rotatable bonds is 9. The molecule has 3 heterocycles. The molecule has 2 aromatic heterocycles. The van der Waals surface area contributed by atoms with Crippen molar-refractivity contribution in [3.63, 3.8) is 0 Å². The summed E-state index contributed by atoms with van der Waals surface area (Å²) in [5.41, 5.74) is 6.65. The molecular formula is C37H40F2N6. The molecule has 8 rings (SSSR count). The summed E-state index contributed by atoms with van der Waals surface area (Å²) >= 11 is 0. The van der Waals surface area contributed by atoms with E-state index in [1.165, 1.54) is 12.8 Å². The average Bonchev–Trinajstić information content (AvgIpc) is 3.40. The minimum Gasteiger partial charge on any atom is -0.341 e. The Kier molecular flexibility index (Phi) is 6.73. The molecule has 2 aliphatic carbocycles. The van der Waals surface area contributed by atoms with Gasteiger partial charge in [0.2, 0.25) is 0 Å². The largest absolute Gasteiger partial charge is 0.341 e. The highest BCUT2D eigenvalue weighted by Gasteiger charge is 2.49. The molecule has 6 nitrogen and oxygen atoms in total. The predicted octanol–water partition coefficient (Wildman–Crippen LogP) is 8.64. The molecular weight excluding hydrogens is 566 g/mol. The first-order chi connectivity index (χ1) is 21.8. The number of aromatic nitrogens is 4. The maximum atomic E-state index is 16.2. The number of aromatic amines is 2. The average molecular weight is 607 g/mol. The fraction of sp³-hybridized carbons (Fsp3) is 0.405. The van der Waals surface area contributed by atoms with Crippen molar-refractivity contribution < 1.29 is 8.78 Å². The summed E-state index contributed by atoms with van der Waals surface area (Å²) in [5.74, 6) is -0.856. The van der Waals surface area contributed by atoms with Crippen molar-refractivity contribution in [2.75, 3.05) is 13.1 Å². The minimum absolute atomic E-state index is 0.0450. The summed E-state index contributed by atoms with van der Waals surface area (Å²) in [6.07, 6.45) is 7.64. The second-order valence-electron chi connectivity index (χ2n) is 13.6. The molecule has 3 aliphatic rings. The van der Waals surface area contributed by atoms with E-state index in [1.807, 2.05) is 42.5 Å². The van der Waals surface area contributed by atoms with Crippen molar-refractivity contribution in [3.8, 4) is 33.5 Å². The number of fused-ring (bicyclic) bond motifs is 4. The van der Waals surface area contributed by atoms with Crippen LogP contribution >= 0.6 is 0 Å². The summed E-state index contributed by atoms with van der Waals surface area (Å²) in [4.78, 5) is 16.5. The van der Waals surface area contributed by atoms with Gasteiger partial charge in [-0.05, 0) is 90.1 Å². The fourth-order valence-electron chi connectivity index (χ4n) is 7.66. The van der Waals surface area contributed by atoms with Crippen LogP contribution in [0.2, 0.25) is 0 Å².